The van der Waals surface area contributed by atoms with Gasteiger partial charge in [0.25, 0.3) is 0 Å². The van der Waals surface area contributed by atoms with Crippen LogP contribution in [0.3, 0.4) is 0 Å². The van der Waals surface area contributed by atoms with Gasteiger partial charge in [0.15, 0.2) is 5.96 Å². The van der Waals surface area contributed by atoms with Crippen LogP contribution in [0.25, 0.3) is 0 Å². The summed E-state index contributed by atoms with van der Waals surface area (Å²) in [6.07, 6.45) is 4.22. The quantitative estimate of drug-likeness (QED) is 0.488. The maximum absolute atomic E-state index is 5.64. The van der Waals surface area contributed by atoms with Gasteiger partial charge < -0.3 is 20.1 Å². The number of benzene rings is 1. The molecule has 2 aromatic rings. The molecule has 1 unspecified atom stereocenters. The molecule has 0 aliphatic carbocycles. The number of nitrogens with one attached hydrogen (secondary N) is 2. The van der Waals surface area contributed by atoms with E-state index in [1.165, 1.54) is 18.4 Å². The minimum absolute atomic E-state index is 0.222. The Bertz CT molecular complexity index is 821. The number of aliphatic imine (C=N–C) groups is 1. The van der Waals surface area contributed by atoms with Crippen molar-refractivity contribution in [3.63, 3.8) is 0 Å². The van der Waals surface area contributed by atoms with Gasteiger partial charge in [0.05, 0.1) is 19.8 Å². The van der Waals surface area contributed by atoms with E-state index >= 15 is 0 Å². The van der Waals surface area contributed by atoms with Crippen LogP contribution in [-0.4, -0.2) is 56.2 Å². The maximum atomic E-state index is 5.64. The summed E-state index contributed by atoms with van der Waals surface area (Å²) in [5.74, 6) is 2.34. The Hall–Kier alpha value is -2.80. The zero-order chi connectivity index (χ0) is 21.2. The number of pyridine rings is 1. The predicted molar refractivity (Wildman–Crippen MR) is 120 cm³/mol. The van der Waals surface area contributed by atoms with E-state index in [1.54, 1.807) is 20.4 Å². The van der Waals surface area contributed by atoms with Gasteiger partial charge in [-0.3, -0.25) is 9.89 Å². The lowest BCUT2D eigenvalue weighted by Gasteiger charge is -2.30. The highest BCUT2D eigenvalue weighted by Gasteiger charge is 2.26. The molecule has 0 amide bonds. The van der Waals surface area contributed by atoms with E-state index < -0.39 is 0 Å². The molecule has 1 aromatic heterocycles. The van der Waals surface area contributed by atoms with E-state index in [-0.39, 0.29) is 6.04 Å². The Kier molecular flexibility index (Phi) is 8.32. The Morgan fingerprint density at radius 3 is 2.70 bits per heavy atom. The first-order valence-electron chi connectivity index (χ1n) is 10.6. The number of nitrogens with zero attached hydrogens (tertiary/aromatic N) is 3. The molecule has 1 aromatic carbocycles. The fourth-order valence-corrected chi connectivity index (χ4v) is 3.85. The van der Waals surface area contributed by atoms with Crippen LogP contribution in [0.4, 0.5) is 0 Å². The number of rotatable bonds is 9. The summed E-state index contributed by atoms with van der Waals surface area (Å²) in [5.41, 5.74) is 2.21. The minimum atomic E-state index is 0.222. The minimum Gasteiger partial charge on any atom is -0.496 e. The van der Waals surface area contributed by atoms with E-state index in [0.717, 1.165) is 36.9 Å². The summed E-state index contributed by atoms with van der Waals surface area (Å²) in [5, 5.41) is 6.88. The number of hydrogen-bond acceptors (Lipinski definition) is 5. The molecule has 0 radical (unpaired) electrons. The van der Waals surface area contributed by atoms with Crippen molar-refractivity contribution < 1.29 is 9.47 Å². The van der Waals surface area contributed by atoms with E-state index in [9.17, 15) is 0 Å². The van der Waals surface area contributed by atoms with Crippen molar-refractivity contribution in [2.45, 2.75) is 32.4 Å². The Labute approximate surface area is 179 Å². The van der Waals surface area contributed by atoms with Crippen LogP contribution < -0.4 is 20.1 Å². The fraction of sp³-hybridized carbons (Fsp3) is 0.478. The molecule has 2 N–H and O–H groups in total. The summed E-state index contributed by atoms with van der Waals surface area (Å²) in [4.78, 5) is 11.2. The van der Waals surface area contributed by atoms with Crippen molar-refractivity contribution in [3.8, 4) is 11.6 Å². The lowest BCUT2D eigenvalue weighted by Crippen LogP contribution is -2.42. The van der Waals surface area contributed by atoms with Crippen molar-refractivity contribution in [2.75, 3.05) is 40.4 Å². The number of aromatic nitrogens is 1. The molecule has 1 aliphatic heterocycles. The SMILES string of the molecule is CCOc1ncccc1CNC(=NC)NCC(c1ccccc1OC)N1CCCC1. The molecule has 7 nitrogen and oxygen atoms in total. The average Bonchev–Trinajstić information content (AvgIpc) is 3.32. The molecule has 0 saturated carbocycles. The molecule has 1 saturated heterocycles. The van der Waals surface area contributed by atoms with Crippen LogP contribution >= 0.6 is 0 Å². The van der Waals surface area contributed by atoms with Crippen LogP contribution in [0.15, 0.2) is 47.6 Å². The van der Waals surface area contributed by atoms with Crippen LogP contribution in [-0.2, 0) is 6.54 Å². The topological polar surface area (TPSA) is 71.0 Å². The second kappa shape index (κ2) is 11.4. The molecule has 3 rings (SSSR count). The second-order valence-electron chi connectivity index (χ2n) is 7.21. The first-order chi connectivity index (χ1) is 14.8. The lowest BCUT2D eigenvalue weighted by molar-refractivity contribution is 0.239. The number of hydrogen-bond donors (Lipinski definition) is 2. The van der Waals surface area contributed by atoms with Gasteiger partial charge in [0.1, 0.15) is 5.75 Å². The highest BCUT2D eigenvalue weighted by molar-refractivity contribution is 5.79. The highest BCUT2D eigenvalue weighted by Crippen LogP contribution is 2.31. The molecule has 1 aliphatic rings. The van der Waals surface area contributed by atoms with Crippen LogP contribution in [0.5, 0.6) is 11.6 Å². The summed E-state index contributed by atoms with van der Waals surface area (Å²) >= 11 is 0. The molecule has 1 atom stereocenters. The van der Waals surface area contributed by atoms with Crippen molar-refractivity contribution in [2.24, 2.45) is 4.99 Å². The van der Waals surface area contributed by atoms with Gasteiger partial charge in [-0.05, 0) is 45.0 Å². The van der Waals surface area contributed by atoms with Gasteiger partial charge in [-0.15, -0.1) is 0 Å². The van der Waals surface area contributed by atoms with Gasteiger partial charge in [-0.25, -0.2) is 4.98 Å². The van der Waals surface area contributed by atoms with Crippen molar-refractivity contribution in [1.82, 2.24) is 20.5 Å². The van der Waals surface area contributed by atoms with Crippen LogP contribution in [0.1, 0.15) is 36.9 Å². The van der Waals surface area contributed by atoms with Gasteiger partial charge >= 0.3 is 0 Å². The third-order valence-corrected chi connectivity index (χ3v) is 5.34. The van der Waals surface area contributed by atoms with Gasteiger partial charge in [-0.2, -0.15) is 0 Å². The number of guanidine groups is 1. The summed E-state index contributed by atoms with van der Waals surface area (Å²) in [6.45, 7) is 6.08. The monoisotopic (exact) mass is 411 g/mol. The summed E-state index contributed by atoms with van der Waals surface area (Å²) in [7, 11) is 3.52. The molecular formula is C23H33N5O2. The Balaban J connectivity index is 1.66. The molecule has 1 fully saturated rings. The van der Waals surface area contributed by atoms with Gasteiger partial charge in [0, 0.05) is 37.5 Å². The average molecular weight is 412 g/mol. The van der Waals surface area contributed by atoms with Crippen molar-refractivity contribution >= 4 is 5.96 Å². The number of likely N-dealkylation sites (tertiary alicyclic amines) is 1. The van der Waals surface area contributed by atoms with E-state index in [2.05, 4.69) is 37.6 Å². The molecule has 7 heteroatoms. The highest BCUT2D eigenvalue weighted by atomic mass is 16.5. The van der Waals surface area contributed by atoms with Gasteiger partial charge in [-0.1, -0.05) is 24.3 Å². The largest absolute Gasteiger partial charge is 0.496 e. The fourth-order valence-electron chi connectivity index (χ4n) is 3.85. The van der Waals surface area contributed by atoms with Crippen molar-refractivity contribution in [3.05, 3.63) is 53.7 Å². The Morgan fingerprint density at radius 1 is 1.17 bits per heavy atom. The first kappa shape index (κ1) is 21.9. The third-order valence-electron chi connectivity index (χ3n) is 5.34. The molecule has 0 spiro atoms. The van der Waals surface area contributed by atoms with Gasteiger partial charge in [0.2, 0.25) is 5.88 Å². The number of ether oxygens (including phenoxy) is 2. The summed E-state index contributed by atoms with van der Waals surface area (Å²) < 4.78 is 11.3. The smallest absolute Gasteiger partial charge is 0.218 e. The summed E-state index contributed by atoms with van der Waals surface area (Å²) in [6, 6.07) is 12.4. The maximum Gasteiger partial charge on any atom is 0.218 e. The molecule has 0 bridgehead atoms. The first-order valence-corrected chi connectivity index (χ1v) is 10.6. The molecule has 30 heavy (non-hydrogen) atoms. The number of para-hydroxylation sites is 1. The predicted octanol–water partition coefficient (Wildman–Crippen LogP) is 2.99. The van der Waals surface area contributed by atoms with Crippen LogP contribution in [0, 0.1) is 0 Å². The standard InChI is InChI=1S/C23H33N5O2/c1-4-30-22-18(10-9-13-25-22)16-26-23(24-2)27-17-20(28-14-7-8-15-28)19-11-5-6-12-21(19)29-3/h5-6,9-13,20H,4,7-8,14-17H2,1-3H3,(H2,24,26,27). The molecule has 162 valence electrons. The zero-order valence-corrected chi connectivity index (χ0v) is 18.2. The normalized spacial score (nSPS) is 15.6. The van der Waals surface area contributed by atoms with E-state index in [1.807, 2.05) is 31.2 Å². The number of methoxy groups -OCH3 is 1. The zero-order valence-electron chi connectivity index (χ0n) is 18.2. The van der Waals surface area contributed by atoms with Crippen molar-refractivity contribution in [1.29, 1.82) is 0 Å². The second-order valence-corrected chi connectivity index (χ2v) is 7.21. The molecular weight excluding hydrogens is 378 g/mol. The lowest BCUT2D eigenvalue weighted by atomic mass is 10.0. The third kappa shape index (κ3) is 5.63. The Morgan fingerprint density at radius 2 is 1.97 bits per heavy atom. The van der Waals surface area contributed by atoms with E-state index in [4.69, 9.17) is 9.47 Å². The van der Waals surface area contributed by atoms with Crippen LogP contribution in [0.2, 0.25) is 0 Å². The van der Waals surface area contributed by atoms with E-state index in [0.29, 0.717) is 19.0 Å². The molecule has 2 heterocycles.